The lowest BCUT2D eigenvalue weighted by atomic mass is 10.1. The molecule has 3 heterocycles. The van der Waals surface area contributed by atoms with E-state index in [1.54, 1.807) is 11.0 Å². The number of methoxy groups -OCH3 is 1. The van der Waals surface area contributed by atoms with E-state index in [0.29, 0.717) is 36.9 Å². The van der Waals surface area contributed by atoms with Crippen molar-refractivity contribution in [2.45, 2.75) is 38.6 Å². The Morgan fingerprint density at radius 2 is 2.36 bits per heavy atom. The van der Waals surface area contributed by atoms with Crippen LogP contribution in [0.15, 0.2) is 15.4 Å². The van der Waals surface area contributed by atoms with E-state index in [9.17, 15) is 14.0 Å². The van der Waals surface area contributed by atoms with E-state index >= 15 is 0 Å². The van der Waals surface area contributed by atoms with Crippen LogP contribution in [0.25, 0.3) is 0 Å². The largest absolute Gasteiger partial charge is 0.479 e. The van der Waals surface area contributed by atoms with Crippen molar-refractivity contribution >= 4 is 5.91 Å². The average Bonchev–Trinajstić information content (AvgIpc) is 3.26. The fourth-order valence-electron chi connectivity index (χ4n) is 2.98. The fourth-order valence-corrected chi connectivity index (χ4v) is 2.98. The molecule has 8 nitrogen and oxygen atoms in total. The summed E-state index contributed by atoms with van der Waals surface area (Å²) in [6.07, 6.45) is 2.10. The highest BCUT2D eigenvalue weighted by Gasteiger charge is 2.32. The summed E-state index contributed by atoms with van der Waals surface area (Å²) in [5.74, 6) is 0.285. The summed E-state index contributed by atoms with van der Waals surface area (Å²) in [6.45, 7) is 2.01. The van der Waals surface area contributed by atoms with E-state index < -0.39 is 11.4 Å². The number of aryl methyl sites for hydroxylation is 2. The number of nitrogens with zero attached hydrogens (tertiary/aromatic N) is 3. The van der Waals surface area contributed by atoms with Crippen molar-refractivity contribution in [1.82, 2.24) is 20.0 Å². The zero-order valence-electron chi connectivity index (χ0n) is 14.0. The van der Waals surface area contributed by atoms with Gasteiger partial charge in [-0.05, 0) is 24.9 Å². The Kier molecular flexibility index (Phi) is 4.82. The Balaban J connectivity index is 1.70. The van der Waals surface area contributed by atoms with Gasteiger partial charge >= 0.3 is 0 Å². The smallest absolute Gasteiger partial charge is 0.287 e. The SMILES string of the molecule is COc1cc(CCC(=O)N2CCC[C@H]2c2nc(C)c(F)c(=O)[nH]2)on1. The second-order valence-corrected chi connectivity index (χ2v) is 5.93. The van der Waals surface area contributed by atoms with Gasteiger partial charge in [-0.15, -0.1) is 0 Å². The van der Waals surface area contributed by atoms with Crippen LogP contribution in [0.5, 0.6) is 5.88 Å². The molecule has 2 aromatic rings. The molecule has 0 aromatic carbocycles. The lowest BCUT2D eigenvalue weighted by molar-refractivity contribution is -0.132. The number of hydrogen-bond donors (Lipinski definition) is 1. The third kappa shape index (κ3) is 3.54. The molecule has 1 saturated heterocycles. The van der Waals surface area contributed by atoms with Crippen LogP contribution in [0.4, 0.5) is 4.39 Å². The number of halogens is 1. The van der Waals surface area contributed by atoms with Gasteiger partial charge < -0.3 is 19.1 Å². The first kappa shape index (κ1) is 17.1. The van der Waals surface area contributed by atoms with Crippen LogP contribution in [0.1, 0.15) is 42.6 Å². The van der Waals surface area contributed by atoms with Crippen LogP contribution >= 0.6 is 0 Å². The van der Waals surface area contributed by atoms with Crippen molar-refractivity contribution in [2.24, 2.45) is 0 Å². The van der Waals surface area contributed by atoms with Crippen molar-refractivity contribution in [3.63, 3.8) is 0 Å². The number of H-pyrrole nitrogens is 1. The summed E-state index contributed by atoms with van der Waals surface area (Å²) in [6, 6.07) is 1.29. The number of aromatic nitrogens is 3. The van der Waals surface area contributed by atoms with Crippen LogP contribution in [0.3, 0.4) is 0 Å². The molecule has 3 rings (SSSR count). The van der Waals surface area contributed by atoms with E-state index in [0.717, 1.165) is 6.42 Å². The molecular weight excluding hydrogens is 331 g/mol. The summed E-state index contributed by atoms with van der Waals surface area (Å²) in [5.41, 5.74) is -0.776. The molecule has 0 saturated carbocycles. The molecule has 0 spiro atoms. The third-order valence-corrected chi connectivity index (χ3v) is 4.27. The van der Waals surface area contributed by atoms with E-state index in [1.165, 1.54) is 14.0 Å². The van der Waals surface area contributed by atoms with Gasteiger partial charge in [0.1, 0.15) is 11.6 Å². The molecular formula is C16H19FN4O4. The maximum Gasteiger partial charge on any atom is 0.287 e. The Morgan fingerprint density at radius 1 is 1.56 bits per heavy atom. The fraction of sp³-hybridized carbons (Fsp3) is 0.500. The normalized spacial score (nSPS) is 17.1. The van der Waals surface area contributed by atoms with Crippen molar-refractivity contribution in [1.29, 1.82) is 0 Å². The Morgan fingerprint density at radius 3 is 3.04 bits per heavy atom. The Hall–Kier alpha value is -2.71. The lowest BCUT2D eigenvalue weighted by Gasteiger charge is -2.24. The molecule has 1 fully saturated rings. The van der Waals surface area contributed by atoms with E-state index in [-0.39, 0.29) is 24.1 Å². The summed E-state index contributed by atoms with van der Waals surface area (Å²) in [7, 11) is 1.49. The highest BCUT2D eigenvalue weighted by molar-refractivity contribution is 5.77. The number of ether oxygens (including phenoxy) is 1. The number of nitrogens with one attached hydrogen (secondary N) is 1. The zero-order chi connectivity index (χ0) is 18.0. The molecule has 2 aromatic heterocycles. The standard InChI is InChI=1S/C16H19FN4O4/c1-9-14(17)16(23)19-15(18-9)11-4-3-7-21(11)13(22)6-5-10-8-12(24-2)20-25-10/h8,11H,3-7H2,1-2H3,(H,18,19,23)/t11-/m0/s1. The predicted octanol–water partition coefficient (Wildman–Crippen LogP) is 1.51. The molecule has 1 aliphatic rings. The van der Waals surface area contributed by atoms with Crippen LogP contribution in [0, 0.1) is 12.7 Å². The van der Waals surface area contributed by atoms with E-state index in [2.05, 4.69) is 15.1 Å². The molecule has 0 aliphatic carbocycles. The summed E-state index contributed by atoms with van der Waals surface area (Å²) in [5, 5.41) is 3.69. The van der Waals surface area contributed by atoms with Crippen molar-refractivity contribution < 1.29 is 18.4 Å². The van der Waals surface area contributed by atoms with Gasteiger partial charge in [-0.1, -0.05) is 0 Å². The lowest BCUT2D eigenvalue weighted by Crippen LogP contribution is -2.33. The molecule has 134 valence electrons. The summed E-state index contributed by atoms with van der Waals surface area (Å²) < 4.78 is 23.5. The molecule has 9 heteroatoms. The van der Waals surface area contributed by atoms with Crippen LogP contribution in [0.2, 0.25) is 0 Å². The average molecular weight is 350 g/mol. The van der Waals surface area contributed by atoms with Gasteiger partial charge in [0.2, 0.25) is 11.7 Å². The van der Waals surface area contributed by atoms with Crippen LogP contribution in [-0.4, -0.2) is 39.6 Å². The Labute approximate surface area is 143 Å². The maximum absolute atomic E-state index is 13.5. The number of hydrogen-bond acceptors (Lipinski definition) is 6. The number of aromatic amines is 1. The van der Waals surface area contributed by atoms with Gasteiger partial charge in [-0.3, -0.25) is 9.59 Å². The number of amides is 1. The highest BCUT2D eigenvalue weighted by Crippen LogP contribution is 2.30. The van der Waals surface area contributed by atoms with Gasteiger partial charge in [0.15, 0.2) is 0 Å². The summed E-state index contributed by atoms with van der Waals surface area (Å²) in [4.78, 5) is 32.4. The van der Waals surface area contributed by atoms with Crippen molar-refractivity contribution in [3.8, 4) is 5.88 Å². The van der Waals surface area contributed by atoms with Crippen molar-refractivity contribution in [2.75, 3.05) is 13.7 Å². The molecule has 0 radical (unpaired) electrons. The molecule has 1 aliphatic heterocycles. The molecule has 1 atom stereocenters. The monoisotopic (exact) mass is 350 g/mol. The number of likely N-dealkylation sites (tertiary alicyclic amines) is 1. The summed E-state index contributed by atoms with van der Waals surface area (Å²) >= 11 is 0. The molecule has 1 N–H and O–H groups in total. The van der Waals surface area contributed by atoms with Crippen molar-refractivity contribution in [3.05, 3.63) is 39.5 Å². The van der Waals surface area contributed by atoms with E-state index in [4.69, 9.17) is 9.26 Å². The number of carbonyl (C=O) groups excluding carboxylic acids is 1. The van der Waals surface area contributed by atoms with Gasteiger partial charge in [0, 0.05) is 25.5 Å². The second kappa shape index (κ2) is 7.04. The first-order valence-electron chi connectivity index (χ1n) is 8.05. The third-order valence-electron chi connectivity index (χ3n) is 4.27. The first-order valence-corrected chi connectivity index (χ1v) is 8.05. The molecule has 0 unspecified atom stereocenters. The minimum atomic E-state index is -0.890. The van der Waals surface area contributed by atoms with Gasteiger partial charge in [0.05, 0.1) is 18.8 Å². The zero-order valence-corrected chi connectivity index (χ0v) is 14.0. The molecule has 25 heavy (non-hydrogen) atoms. The number of carbonyl (C=O) groups is 1. The first-order chi connectivity index (χ1) is 12.0. The molecule has 1 amide bonds. The topological polar surface area (TPSA) is 101 Å². The van der Waals surface area contributed by atoms with E-state index in [1.807, 2.05) is 0 Å². The van der Waals surface area contributed by atoms with Crippen LogP contribution < -0.4 is 10.3 Å². The van der Waals surface area contributed by atoms with Gasteiger partial charge in [-0.25, -0.2) is 4.98 Å². The highest BCUT2D eigenvalue weighted by atomic mass is 19.1. The maximum atomic E-state index is 13.5. The minimum Gasteiger partial charge on any atom is -0.479 e. The minimum absolute atomic E-state index is 0.0341. The number of rotatable bonds is 5. The predicted molar refractivity (Wildman–Crippen MR) is 84.6 cm³/mol. The van der Waals surface area contributed by atoms with Gasteiger partial charge in [0.25, 0.3) is 11.4 Å². The second-order valence-electron chi connectivity index (χ2n) is 5.93. The van der Waals surface area contributed by atoms with Crippen LogP contribution in [-0.2, 0) is 11.2 Å². The van der Waals surface area contributed by atoms with Gasteiger partial charge in [-0.2, -0.15) is 4.39 Å². The quantitative estimate of drug-likeness (QED) is 0.877. The molecule has 0 bridgehead atoms. The Bertz CT molecular complexity index is 832.